The van der Waals surface area contributed by atoms with Crippen molar-refractivity contribution >= 4 is 5.91 Å². The van der Waals surface area contributed by atoms with E-state index in [2.05, 4.69) is 17.1 Å². The summed E-state index contributed by atoms with van der Waals surface area (Å²) in [4.78, 5) is 18.5. The quantitative estimate of drug-likeness (QED) is 0.741. The number of benzene rings is 2. The highest BCUT2D eigenvalue weighted by Gasteiger charge is 2.13. The topological polar surface area (TPSA) is 38.1 Å². The van der Waals surface area contributed by atoms with Gasteiger partial charge in [-0.3, -0.25) is 4.79 Å². The largest absolute Gasteiger partial charge is 0.337 e. The molecule has 0 N–H and O–H groups in total. The standard InChI is InChI=1S/C19H19N3O/c1-21-13-12-20-18(21)14-22(2)19(23)17-10-8-16(9-11-17)15-6-4-3-5-7-15/h3-13H,14H2,1-2H3. The van der Waals surface area contributed by atoms with Gasteiger partial charge in [0.15, 0.2) is 0 Å². The van der Waals surface area contributed by atoms with Crippen LogP contribution in [0.1, 0.15) is 16.2 Å². The number of hydrogen-bond donors (Lipinski definition) is 0. The number of aromatic nitrogens is 2. The van der Waals surface area contributed by atoms with Gasteiger partial charge in [0.05, 0.1) is 6.54 Å². The van der Waals surface area contributed by atoms with Gasteiger partial charge in [0.1, 0.15) is 5.82 Å². The molecule has 0 spiro atoms. The fourth-order valence-electron chi connectivity index (χ4n) is 2.49. The minimum Gasteiger partial charge on any atom is -0.337 e. The van der Waals surface area contributed by atoms with Gasteiger partial charge in [0, 0.05) is 32.1 Å². The van der Waals surface area contributed by atoms with Crippen molar-refractivity contribution in [1.82, 2.24) is 14.5 Å². The monoisotopic (exact) mass is 305 g/mol. The SMILES string of the molecule is CN(Cc1nccn1C)C(=O)c1ccc(-c2ccccc2)cc1. The molecular weight excluding hydrogens is 286 g/mol. The van der Waals surface area contributed by atoms with Crippen LogP contribution in [0.15, 0.2) is 67.0 Å². The second-order valence-electron chi connectivity index (χ2n) is 5.56. The molecule has 3 aromatic rings. The van der Waals surface area contributed by atoms with Crippen molar-refractivity contribution in [3.05, 3.63) is 78.4 Å². The van der Waals surface area contributed by atoms with Crippen molar-refractivity contribution in [2.24, 2.45) is 7.05 Å². The van der Waals surface area contributed by atoms with Crippen molar-refractivity contribution < 1.29 is 4.79 Å². The average Bonchev–Trinajstić information content (AvgIpc) is 3.00. The first kappa shape index (κ1) is 15.0. The molecule has 0 atom stereocenters. The van der Waals surface area contributed by atoms with Crippen molar-refractivity contribution in [3.8, 4) is 11.1 Å². The predicted molar refractivity (Wildman–Crippen MR) is 90.9 cm³/mol. The highest BCUT2D eigenvalue weighted by Crippen LogP contribution is 2.19. The Hall–Kier alpha value is -2.88. The van der Waals surface area contributed by atoms with Crippen LogP contribution < -0.4 is 0 Å². The Kier molecular flexibility index (Phi) is 4.24. The van der Waals surface area contributed by atoms with Gasteiger partial charge < -0.3 is 9.47 Å². The maximum Gasteiger partial charge on any atom is 0.254 e. The van der Waals surface area contributed by atoms with E-state index in [0.29, 0.717) is 12.1 Å². The second-order valence-corrected chi connectivity index (χ2v) is 5.56. The van der Waals surface area contributed by atoms with Gasteiger partial charge >= 0.3 is 0 Å². The van der Waals surface area contributed by atoms with Gasteiger partial charge in [-0.1, -0.05) is 42.5 Å². The van der Waals surface area contributed by atoms with E-state index in [1.165, 1.54) is 0 Å². The molecule has 2 aromatic carbocycles. The summed E-state index contributed by atoms with van der Waals surface area (Å²) >= 11 is 0. The van der Waals surface area contributed by atoms with Gasteiger partial charge in [-0.25, -0.2) is 4.98 Å². The lowest BCUT2D eigenvalue weighted by atomic mass is 10.0. The van der Waals surface area contributed by atoms with E-state index in [1.807, 2.05) is 60.3 Å². The van der Waals surface area contributed by atoms with E-state index in [-0.39, 0.29) is 5.91 Å². The molecule has 116 valence electrons. The van der Waals surface area contributed by atoms with Crippen LogP contribution in [0, 0.1) is 0 Å². The predicted octanol–water partition coefficient (Wildman–Crippen LogP) is 3.36. The molecule has 1 amide bonds. The zero-order valence-corrected chi connectivity index (χ0v) is 13.3. The van der Waals surface area contributed by atoms with E-state index in [1.54, 1.807) is 18.1 Å². The molecule has 1 heterocycles. The summed E-state index contributed by atoms with van der Waals surface area (Å²) in [5.41, 5.74) is 2.93. The molecule has 4 nitrogen and oxygen atoms in total. The maximum atomic E-state index is 12.5. The third-order valence-electron chi connectivity index (χ3n) is 3.89. The Morgan fingerprint density at radius 3 is 2.30 bits per heavy atom. The van der Waals surface area contributed by atoms with Crippen molar-refractivity contribution in [3.63, 3.8) is 0 Å². The fourth-order valence-corrected chi connectivity index (χ4v) is 2.49. The number of carbonyl (C=O) groups is 1. The molecule has 1 aromatic heterocycles. The lowest BCUT2D eigenvalue weighted by Crippen LogP contribution is -2.27. The van der Waals surface area contributed by atoms with Crippen LogP contribution in [0.4, 0.5) is 0 Å². The molecule has 0 unspecified atom stereocenters. The van der Waals surface area contributed by atoms with Crippen LogP contribution in [-0.2, 0) is 13.6 Å². The summed E-state index contributed by atoms with van der Waals surface area (Å²) in [5.74, 6) is 0.856. The Morgan fingerprint density at radius 2 is 1.70 bits per heavy atom. The molecule has 0 fully saturated rings. The van der Waals surface area contributed by atoms with Gasteiger partial charge in [-0.05, 0) is 23.3 Å². The zero-order valence-electron chi connectivity index (χ0n) is 13.3. The number of nitrogens with zero attached hydrogens (tertiary/aromatic N) is 3. The third kappa shape index (κ3) is 3.31. The molecule has 3 rings (SSSR count). The van der Waals surface area contributed by atoms with Gasteiger partial charge in [-0.2, -0.15) is 0 Å². The van der Waals surface area contributed by atoms with Crippen molar-refractivity contribution in [2.45, 2.75) is 6.54 Å². The van der Waals surface area contributed by atoms with Crippen molar-refractivity contribution in [1.29, 1.82) is 0 Å². The van der Waals surface area contributed by atoms with Crippen molar-refractivity contribution in [2.75, 3.05) is 7.05 Å². The molecule has 0 aliphatic carbocycles. The number of hydrogen-bond acceptors (Lipinski definition) is 2. The highest BCUT2D eigenvalue weighted by atomic mass is 16.2. The Balaban J connectivity index is 1.74. The molecule has 0 aliphatic heterocycles. The van der Waals surface area contributed by atoms with Gasteiger partial charge in [0.25, 0.3) is 5.91 Å². The summed E-state index contributed by atoms with van der Waals surface area (Å²) in [6.07, 6.45) is 3.62. The fraction of sp³-hybridized carbons (Fsp3) is 0.158. The van der Waals surface area contributed by atoms with Crippen LogP contribution in [0.2, 0.25) is 0 Å². The Labute approximate surface area is 136 Å². The first-order valence-electron chi connectivity index (χ1n) is 7.52. The summed E-state index contributed by atoms with van der Waals surface area (Å²) in [6, 6.07) is 17.8. The minimum atomic E-state index is -0.00684. The maximum absolute atomic E-state index is 12.5. The smallest absolute Gasteiger partial charge is 0.254 e. The normalized spacial score (nSPS) is 10.5. The Bertz CT molecular complexity index is 791. The highest BCUT2D eigenvalue weighted by molar-refractivity contribution is 5.94. The number of carbonyl (C=O) groups excluding carboxylic acids is 1. The molecule has 0 saturated carbocycles. The van der Waals surface area contributed by atoms with Crippen LogP contribution in [-0.4, -0.2) is 27.4 Å². The van der Waals surface area contributed by atoms with Crippen LogP contribution in [0.3, 0.4) is 0 Å². The van der Waals surface area contributed by atoms with Gasteiger partial charge in [-0.15, -0.1) is 0 Å². The Morgan fingerprint density at radius 1 is 1.04 bits per heavy atom. The zero-order chi connectivity index (χ0) is 16.2. The minimum absolute atomic E-state index is 0.00684. The number of aryl methyl sites for hydroxylation is 1. The summed E-state index contributed by atoms with van der Waals surface area (Å²) < 4.78 is 1.92. The van der Waals surface area contributed by atoms with Crippen LogP contribution in [0.5, 0.6) is 0 Å². The molecular formula is C19H19N3O. The van der Waals surface area contributed by atoms with Crippen LogP contribution in [0.25, 0.3) is 11.1 Å². The van der Waals surface area contributed by atoms with E-state index in [0.717, 1.165) is 17.0 Å². The number of amides is 1. The van der Waals surface area contributed by atoms with E-state index in [9.17, 15) is 4.79 Å². The first-order chi connectivity index (χ1) is 11.1. The van der Waals surface area contributed by atoms with E-state index in [4.69, 9.17) is 0 Å². The molecule has 0 aliphatic rings. The molecule has 0 saturated heterocycles. The second kappa shape index (κ2) is 6.48. The number of imidazole rings is 1. The van der Waals surface area contributed by atoms with Gasteiger partial charge in [0.2, 0.25) is 0 Å². The molecule has 23 heavy (non-hydrogen) atoms. The van der Waals surface area contributed by atoms with E-state index >= 15 is 0 Å². The first-order valence-corrected chi connectivity index (χ1v) is 7.52. The van der Waals surface area contributed by atoms with E-state index < -0.39 is 0 Å². The molecule has 0 bridgehead atoms. The summed E-state index contributed by atoms with van der Waals surface area (Å²) in [7, 11) is 3.72. The summed E-state index contributed by atoms with van der Waals surface area (Å²) in [5, 5.41) is 0. The molecule has 4 heteroatoms. The lowest BCUT2D eigenvalue weighted by molar-refractivity contribution is 0.0780. The summed E-state index contributed by atoms with van der Waals surface area (Å²) in [6.45, 7) is 0.489. The van der Waals surface area contributed by atoms with Crippen LogP contribution >= 0.6 is 0 Å². The lowest BCUT2D eigenvalue weighted by Gasteiger charge is -2.17. The third-order valence-corrected chi connectivity index (χ3v) is 3.89. The molecule has 0 radical (unpaired) electrons. The average molecular weight is 305 g/mol. The number of rotatable bonds is 4.